The zero-order chi connectivity index (χ0) is 38.6. The number of hydrogen-bond acceptors (Lipinski definition) is 5. The monoisotopic (exact) mass is 754 g/mol. The van der Waals surface area contributed by atoms with Crippen molar-refractivity contribution in [3.8, 4) is 39.9 Å². The summed E-state index contributed by atoms with van der Waals surface area (Å²) in [5.74, 6) is 1.75. The van der Waals surface area contributed by atoms with Crippen molar-refractivity contribution in [2.24, 2.45) is 0 Å². The first-order chi connectivity index (χ1) is 29.2. The predicted octanol–water partition coefficient (Wildman–Crippen LogP) is 14.1. The summed E-state index contributed by atoms with van der Waals surface area (Å²) < 4.78 is 14.7. The molecule has 0 atom stereocenters. The van der Waals surface area contributed by atoms with Crippen LogP contribution in [0.2, 0.25) is 0 Å². The second kappa shape index (κ2) is 12.2. The van der Waals surface area contributed by atoms with E-state index in [1.165, 1.54) is 32.3 Å². The molecule has 0 amide bonds. The van der Waals surface area contributed by atoms with E-state index in [0.717, 1.165) is 77.3 Å². The van der Waals surface area contributed by atoms with Gasteiger partial charge in [0.2, 0.25) is 0 Å². The number of aromatic nitrogens is 4. The van der Waals surface area contributed by atoms with E-state index in [2.05, 4.69) is 126 Å². The molecule has 274 valence electrons. The standard InChI is InChI=1S/C53H30N4O2/c1-3-11-37-31(9-1)19-25-43-49(37)50-38-12-4-2-10-32(38)20-26-44(50)57(43)36-23-17-33(18-24-36)51-54-52(34-21-27-47-41(29-34)39-13-5-7-15-45(39)58-47)56-53(55-51)35-22-28-48-42(30-35)40-14-6-8-16-46(40)59-48/h1-30H. The fourth-order valence-corrected chi connectivity index (χ4v) is 9.08. The van der Waals surface area contributed by atoms with Crippen LogP contribution < -0.4 is 0 Å². The Balaban J connectivity index is 1.00. The number of furan rings is 2. The highest BCUT2D eigenvalue weighted by Crippen LogP contribution is 2.41. The van der Waals surface area contributed by atoms with E-state index in [1.54, 1.807) is 0 Å². The minimum atomic E-state index is 0.583. The van der Waals surface area contributed by atoms with Gasteiger partial charge in [-0.2, -0.15) is 0 Å². The Bertz CT molecular complexity index is 3630. The zero-order valence-electron chi connectivity index (χ0n) is 31.4. The molecule has 0 saturated heterocycles. The molecule has 6 nitrogen and oxygen atoms in total. The summed E-state index contributed by atoms with van der Waals surface area (Å²) in [6, 6.07) is 63.4. The lowest BCUT2D eigenvalue weighted by molar-refractivity contribution is 0.668. The molecule has 0 saturated carbocycles. The Morgan fingerprint density at radius 3 is 1.24 bits per heavy atom. The highest BCUT2D eigenvalue weighted by molar-refractivity contribution is 6.28. The smallest absolute Gasteiger partial charge is 0.164 e. The van der Waals surface area contributed by atoms with Gasteiger partial charge in [0.25, 0.3) is 0 Å². The van der Waals surface area contributed by atoms with Crippen molar-refractivity contribution in [1.29, 1.82) is 0 Å². The quantitative estimate of drug-likeness (QED) is 0.179. The lowest BCUT2D eigenvalue weighted by Crippen LogP contribution is -2.00. The number of para-hydroxylation sites is 2. The molecule has 0 radical (unpaired) electrons. The third-order valence-corrected chi connectivity index (χ3v) is 11.8. The van der Waals surface area contributed by atoms with E-state index in [0.29, 0.717) is 17.5 Å². The third kappa shape index (κ3) is 4.84. The second-order valence-electron chi connectivity index (χ2n) is 15.2. The Morgan fingerprint density at radius 1 is 0.322 bits per heavy atom. The van der Waals surface area contributed by atoms with Crippen LogP contribution in [0.25, 0.3) is 127 Å². The summed E-state index contributed by atoms with van der Waals surface area (Å²) in [6.07, 6.45) is 0. The van der Waals surface area contributed by atoms with Gasteiger partial charge in [0.15, 0.2) is 17.5 Å². The van der Waals surface area contributed by atoms with Gasteiger partial charge in [0.1, 0.15) is 22.3 Å². The number of rotatable bonds is 4. The third-order valence-electron chi connectivity index (χ3n) is 11.8. The summed E-state index contributed by atoms with van der Waals surface area (Å²) in [4.78, 5) is 15.4. The molecule has 13 rings (SSSR count). The Kier molecular flexibility index (Phi) is 6.63. The lowest BCUT2D eigenvalue weighted by Gasteiger charge is -2.11. The van der Waals surface area contributed by atoms with Gasteiger partial charge in [-0.1, -0.05) is 97.1 Å². The topological polar surface area (TPSA) is 69.9 Å². The minimum absolute atomic E-state index is 0.583. The maximum atomic E-state index is 6.17. The van der Waals surface area contributed by atoms with Crippen molar-refractivity contribution >= 4 is 87.2 Å². The van der Waals surface area contributed by atoms with Crippen molar-refractivity contribution < 1.29 is 8.83 Å². The van der Waals surface area contributed by atoms with E-state index in [4.69, 9.17) is 23.8 Å². The average molecular weight is 755 g/mol. The SMILES string of the molecule is c1ccc2c(c1)ccc1c2c2c3ccccc3ccc2n1-c1ccc(-c2nc(-c3ccc4oc5ccccc5c4c3)nc(-c3ccc4oc5ccccc5c4c3)n2)cc1. The molecule has 0 spiro atoms. The molecular formula is C53H30N4O2. The summed E-state index contributed by atoms with van der Waals surface area (Å²) in [5.41, 5.74) is 9.38. The van der Waals surface area contributed by atoms with Crippen LogP contribution in [-0.4, -0.2) is 19.5 Å². The molecule has 13 aromatic rings. The molecular weight excluding hydrogens is 725 g/mol. The first-order valence-corrected chi connectivity index (χ1v) is 19.8. The molecule has 0 bridgehead atoms. The van der Waals surface area contributed by atoms with Gasteiger partial charge in [-0.05, 0) is 106 Å². The van der Waals surface area contributed by atoms with Crippen LogP contribution in [0.3, 0.4) is 0 Å². The van der Waals surface area contributed by atoms with Crippen LogP contribution >= 0.6 is 0 Å². The number of benzene rings is 9. The summed E-state index contributed by atoms with van der Waals surface area (Å²) in [6.45, 7) is 0. The van der Waals surface area contributed by atoms with E-state index in [-0.39, 0.29) is 0 Å². The number of hydrogen-bond donors (Lipinski definition) is 0. The van der Waals surface area contributed by atoms with Crippen LogP contribution in [0.1, 0.15) is 0 Å². The van der Waals surface area contributed by atoms with E-state index in [1.807, 2.05) is 60.7 Å². The summed E-state index contributed by atoms with van der Waals surface area (Å²) in [7, 11) is 0. The van der Waals surface area contributed by atoms with E-state index < -0.39 is 0 Å². The zero-order valence-corrected chi connectivity index (χ0v) is 31.4. The van der Waals surface area contributed by atoms with Gasteiger partial charge in [-0.25, -0.2) is 15.0 Å². The molecule has 0 aliphatic rings. The van der Waals surface area contributed by atoms with Gasteiger partial charge in [0.05, 0.1) is 11.0 Å². The maximum absolute atomic E-state index is 6.17. The van der Waals surface area contributed by atoms with Gasteiger partial charge in [0, 0.05) is 54.7 Å². The van der Waals surface area contributed by atoms with Crippen molar-refractivity contribution in [2.75, 3.05) is 0 Å². The van der Waals surface area contributed by atoms with Crippen molar-refractivity contribution in [2.45, 2.75) is 0 Å². The van der Waals surface area contributed by atoms with Gasteiger partial charge in [-0.3, -0.25) is 0 Å². The predicted molar refractivity (Wildman–Crippen MR) is 240 cm³/mol. The first-order valence-electron chi connectivity index (χ1n) is 19.8. The van der Waals surface area contributed by atoms with Crippen molar-refractivity contribution in [3.05, 3.63) is 182 Å². The Labute approximate surface area is 336 Å². The lowest BCUT2D eigenvalue weighted by atomic mass is 10.00. The molecule has 4 aromatic heterocycles. The highest BCUT2D eigenvalue weighted by atomic mass is 16.3. The van der Waals surface area contributed by atoms with Crippen LogP contribution in [0.5, 0.6) is 0 Å². The Morgan fingerprint density at radius 2 is 0.729 bits per heavy atom. The highest BCUT2D eigenvalue weighted by Gasteiger charge is 2.19. The maximum Gasteiger partial charge on any atom is 0.164 e. The van der Waals surface area contributed by atoms with Crippen LogP contribution in [0.15, 0.2) is 191 Å². The molecule has 0 aliphatic carbocycles. The van der Waals surface area contributed by atoms with E-state index in [9.17, 15) is 0 Å². The van der Waals surface area contributed by atoms with Crippen LogP contribution in [-0.2, 0) is 0 Å². The fraction of sp³-hybridized carbons (Fsp3) is 0. The summed E-state index contributed by atoms with van der Waals surface area (Å²) >= 11 is 0. The molecule has 6 heteroatoms. The van der Waals surface area contributed by atoms with Gasteiger partial charge in [-0.15, -0.1) is 0 Å². The molecule has 59 heavy (non-hydrogen) atoms. The fourth-order valence-electron chi connectivity index (χ4n) is 9.08. The number of fused-ring (bicyclic) bond motifs is 13. The first kappa shape index (κ1) is 32.0. The minimum Gasteiger partial charge on any atom is -0.456 e. The molecule has 0 N–H and O–H groups in total. The second-order valence-corrected chi connectivity index (χ2v) is 15.2. The van der Waals surface area contributed by atoms with Crippen molar-refractivity contribution in [1.82, 2.24) is 19.5 Å². The molecule has 0 unspecified atom stereocenters. The van der Waals surface area contributed by atoms with Gasteiger partial charge >= 0.3 is 0 Å². The molecule has 0 fully saturated rings. The normalized spacial score (nSPS) is 12.1. The van der Waals surface area contributed by atoms with Crippen LogP contribution in [0, 0.1) is 0 Å². The molecule has 4 heterocycles. The average Bonchev–Trinajstić information content (AvgIpc) is 3.98. The van der Waals surface area contributed by atoms with Crippen molar-refractivity contribution in [3.63, 3.8) is 0 Å². The molecule has 9 aromatic carbocycles. The largest absolute Gasteiger partial charge is 0.456 e. The van der Waals surface area contributed by atoms with Gasteiger partial charge < -0.3 is 13.4 Å². The number of nitrogens with zero attached hydrogens (tertiary/aromatic N) is 4. The van der Waals surface area contributed by atoms with E-state index >= 15 is 0 Å². The van der Waals surface area contributed by atoms with Crippen LogP contribution in [0.4, 0.5) is 0 Å². The summed E-state index contributed by atoms with van der Waals surface area (Å²) in [5, 5.41) is 11.6. The Hall–Kier alpha value is -8.09. The molecule has 0 aliphatic heterocycles.